The van der Waals surface area contributed by atoms with E-state index in [1.165, 1.54) is 19.9 Å². The molecule has 1 aliphatic rings. The average molecular weight is 369 g/mol. The number of carboxylic acid groups (broad SMARTS) is 1. The summed E-state index contributed by atoms with van der Waals surface area (Å²) in [5.41, 5.74) is -2.51. The maximum absolute atomic E-state index is 13.3. The number of hydrogen-bond donors (Lipinski definition) is 1. The molecule has 1 N–H and O–H groups in total. The lowest BCUT2D eigenvalue weighted by Gasteiger charge is -2.16. The Morgan fingerprint density at radius 2 is 1.96 bits per heavy atom. The van der Waals surface area contributed by atoms with E-state index < -0.39 is 40.5 Å². The quantitative estimate of drug-likeness (QED) is 0.745. The Morgan fingerprint density at radius 3 is 2.42 bits per heavy atom. The molecule has 0 aromatic heterocycles. The van der Waals surface area contributed by atoms with Crippen LogP contribution in [0, 0.1) is 22.6 Å². The highest BCUT2D eigenvalue weighted by atomic mass is 35.5. The molecule has 0 bridgehead atoms. The number of carbonyl (C=O) groups is 1. The van der Waals surface area contributed by atoms with E-state index in [9.17, 15) is 31.9 Å². The van der Waals surface area contributed by atoms with Crippen LogP contribution in [0.1, 0.15) is 19.4 Å². The lowest BCUT2D eigenvalue weighted by atomic mass is 9.88. The molecule has 2 atom stereocenters. The fourth-order valence-corrected chi connectivity index (χ4v) is 3.51. The van der Waals surface area contributed by atoms with Crippen molar-refractivity contribution in [2.24, 2.45) is 16.7 Å². The number of aliphatic carboxylic acids is 1. The molecular formula is C16H14ClF5O2. The molecule has 2 nitrogen and oxygen atoms in total. The van der Waals surface area contributed by atoms with E-state index in [4.69, 9.17) is 11.6 Å². The number of alkyl halides is 3. The van der Waals surface area contributed by atoms with Gasteiger partial charge in [0.1, 0.15) is 5.82 Å². The Morgan fingerprint density at radius 1 is 1.38 bits per heavy atom. The number of carboxylic acids is 1. The van der Waals surface area contributed by atoms with Crippen LogP contribution in [0.4, 0.5) is 22.0 Å². The molecule has 0 spiro atoms. The second kappa shape index (κ2) is 5.72. The molecule has 0 heterocycles. The van der Waals surface area contributed by atoms with Crippen molar-refractivity contribution in [3.63, 3.8) is 0 Å². The number of allylic oxidation sites excluding steroid dienone is 2. The van der Waals surface area contributed by atoms with Gasteiger partial charge in [-0.3, -0.25) is 4.79 Å². The van der Waals surface area contributed by atoms with E-state index >= 15 is 0 Å². The topological polar surface area (TPSA) is 37.3 Å². The van der Waals surface area contributed by atoms with E-state index in [0.717, 1.165) is 12.1 Å². The molecule has 1 aromatic carbocycles. The van der Waals surface area contributed by atoms with Gasteiger partial charge in [-0.1, -0.05) is 31.5 Å². The number of rotatable bonds is 4. The van der Waals surface area contributed by atoms with Crippen LogP contribution in [-0.4, -0.2) is 17.3 Å². The summed E-state index contributed by atoms with van der Waals surface area (Å²) in [6.45, 7) is 2.90. The van der Waals surface area contributed by atoms with Crippen LogP contribution in [-0.2, 0) is 11.2 Å². The zero-order valence-corrected chi connectivity index (χ0v) is 13.5. The molecule has 1 aliphatic carbocycles. The van der Waals surface area contributed by atoms with Crippen LogP contribution in [0.3, 0.4) is 0 Å². The summed E-state index contributed by atoms with van der Waals surface area (Å²) in [4.78, 5) is 11.8. The van der Waals surface area contributed by atoms with Gasteiger partial charge < -0.3 is 5.11 Å². The minimum atomic E-state index is -5.17. The molecule has 1 saturated carbocycles. The summed E-state index contributed by atoms with van der Waals surface area (Å²) < 4.78 is 63.7. The van der Waals surface area contributed by atoms with Gasteiger partial charge >= 0.3 is 12.1 Å². The molecule has 0 aliphatic heterocycles. The van der Waals surface area contributed by atoms with Crippen molar-refractivity contribution >= 4 is 17.6 Å². The normalized spacial score (nSPS) is 26.3. The lowest BCUT2D eigenvalue weighted by molar-refractivity contribution is -0.145. The van der Waals surface area contributed by atoms with Crippen LogP contribution in [0.5, 0.6) is 0 Å². The van der Waals surface area contributed by atoms with Crippen molar-refractivity contribution in [1.82, 2.24) is 0 Å². The zero-order valence-electron chi connectivity index (χ0n) is 12.7. The molecule has 0 radical (unpaired) electrons. The zero-order chi connectivity index (χ0) is 18.5. The molecule has 0 saturated heterocycles. The van der Waals surface area contributed by atoms with E-state index in [-0.39, 0.29) is 17.0 Å². The largest absolute Gasteiger partial charge is 0.481 e. The molecule has 8 heteroatoms. The predicted octanol–water partition coefficient (Wildman–Crippen LogP) is 5.16. The highest BCUT2D eigenvalue weighted by Crippen LogP contribution is 2.71. The third kappa shape index (κ3) is 2.90. The molecule has 1 aromatic rings. The van der Waals surface area contributed by atoms with Crippen molar-refractivity contribution in [3.8, 4) is 0 Å². The Balaban J connectivity index is 2.44. The second-order valence-corrected chi connectivity index (χ2v) is 6.81. The van der Waals surface area contributed by atoms with Crippen molar-refractivity contribution in [2.45, 2.75) is 26.4 Å². The Bertz CT molecular complexity index is 711. The summed E-state index contributed by atoms with van der Waals surface area (Å²) in [6, 6.07) is 3.34. The molecule has 1 fully saturated rings. The van der Waals surface area contributed by atoms with Gasteiger partial charge in [0, 0.05) is 10.9 Å². The standard InChI is InChI=1S/C16H14ClF5O2/c1-14(2)11(6-12(19)16(20,21)22)15(14,13(23)24)7-8-3-4-9(18)5-10(8)17/h3-6,11H,7H2,1-2H3,(H,23,24). The summed E-state index contributed by atoms with van der Waals surface area (Å²) in [5, 5.41) is 9.55. The maximum Gasteiger partial charge on any atom is 0.442 e. The van der Waals surface area contributed by atoms with Crippen molar-refractivity contribution in [1.29, 1.82) is 0 Å². The number of hydrogen-bond acceptors (Lipinski definition) is 1. The van der Waals surface area contributed by atoms with Crippen LogP contribution < -0.4 is 0 Å². The lowest BCUT2D eigenvalue weighted by Crippen LogP contribution is -2.24. The molecule has 0 amide bonds. The van der Waals surface area contributed by atoms with Crippen LogP contribution >= 0.6 is 11.6 Å². The van der Waals surface area contributed by atoms with Gasteiger partial charge in [0.15, 0.2) is 5.83 Å². The van der Waals surface area contributed by atoms with Gasteiger partial charge in [-0.15, -0.1) is 0 Å². The smallest absolute Gasteiger partial charge is 0.442 e. The van der Waals surface area contributed by atoms with Crippen molar-refractivity contribution < 1.29 is 31.9 Å². The minimum Gasteiger partial charge on any atom is -0.481 e. The van der Waals surface area contributed by atoms with E-state index in [1.54, 1.807) is 0 Å². The van der Waals surface area contributed by atoms with Crippen LogP contribution in [0.2, 0.25) is 5.02 Å². The Labute approximate surface area is 139 Å². The number of benzene rings is 1. The highest BCUT2D eigenvalue weighted by molar-refractivity contribution is 6.31. The van der Waals surface area contributed by atoms with Gasteiger partial charge in [0.25, 0.3) is 0 Å². The average Bonchev–Trinajstić information content (AvgIpc) is 2.88. The summed E-state index contributed by atoms with van der Waals surface area (Å²) >= 11 is 5.88. The third-order valence-corrected chi connectivity index (χ3v) is 5.18. The highest BCUT2D eigenvalue weighted by Gasteiger charge is 2.75. The molecular weight excluding hydrogens is 355 g/mol. The summed E-state index contributed by atoms with van der Waals surface area (Å²) in [7, 11) is 0. The van der Waals surface area contributed by atoms with Gasteiger partial charge in [-0.05, 0) is 35.6 Å². The van der Waals surface area contributed by atoms with Gasteiger partial charge in [0.05, 0.1) is 5.41 Å². The van der Waals surface area contributed by atoms with E-state index in [1.807, 2.05) is 0 Å². The van der Waals surface area contributed by atoms with Crippen LogP contribution in [0.25, 0.3) is 0 Å². The fraction of sp³-hybridized carbons (Fsp3) is 0.438. The van der Waals surface area contributed by atoms with Gasteiger partial charge in [0.2, 0.25) is 0 Å². The first-order valence-corrected chi connectivity index (χ1v) is 7.33. The molecule has 132 valence electrons. The fourth-order valence-electron chi connectivity index (χ4n) is 3.27. The van der Waals surface area contributed by atoms with Crippen LogP contribution in [0.15, 0.2) is 30.1 Å². The first kappa shape index (κ1) is 18.7. The second-order valence-electron chi connectivity index (χ2n) is 6.40. The number of halogens is 6. The SMILES string of the molecule is CC1(C)C(C=C(F)C(F)(F)F)C1(Cc1ccc(F)cc1Cl)C(=O)O. The van der Waals surface area contributed by atoms with Gasteiger partial charge in [-0.2, -0.15) is 13.2 Å². The van der Waals surface area contributed by atoms with Gasteiger partial charge in [-0.25, -0.2) is 8.78 Å². The minimum absolute atomic E-state index is 0.0302. The Kier molecular flexibility index (Phi) is 4.46. The first-order valence-electron chi connectivity index (χ1n) is 6.96. The van der Waals surface area contributed by atoms with Crippen molar-refractivity contribution in [2.75, 3.05) is 0 Å². The predicted molar refractivity (Wildman–Crippen MR) is 77.7 cm³/mol. The molecule has 24 heavy (non-hydrogen) atoms. The summed E-state index contributed by atoms with van der Waals surface area (Å²) in [5.74, 6) is -5.48. The Hall–Kier alpha value is -1.63. The van der Waals surface area contributed by atoms with Crippen molar-refractivity contribution in [3.05, 3.63) is 46.5 Å². The van der Waals surface area contributed by atoms with E-state index in [2.05, 4.69) is 0 Å². The first-order chi connectivity index (χ1) is 10.8. The molecule has 2 rings (SSSR count). The third-order valence-electron chi connectivity index (χ3n) is 4.82. The van der Waals surface area contributed by atoms with E-state index in [0.29, 0.717) is 6.08 Å². The maximum atomic E-state index is 13.3. The molecule has 2 unspecified atom stereocenters. The monoisotopic (exact) mass is 368 g/mol. The summed E-state index contributed by atoms with van der Waals surface area (Å²) in [6.07, 6.45) is -5.09.